The highest BCUT2D eigenvalue weighted by Gasteiger charge is 2.16. The van der Waals surface area contributed by atoms with Crippen LogP contribution in [0.15, 0.2) is 24.3 Å². The van der Waals surface area contributed by atoms with Crippen LogP contribution < -0.4 is 5.32 Å². The molecule has 1 unspecified atom stereocenters. The van der Waals surface area contributed by atoms with Crippen LogP contribution in [-0.2, 0) is 16.0 Å². The number of aliphatic carboxylic acids is 1. The van der Waals surface area contributed by atoms with Crippen molar-refractivity contribution in [2.75, 3.05) is 0 Å². The van der Waals surface area contributed by atoms with Gasteiger partial charge < -0.3 is 10.4 Å². The minimum absolute atomic E-state index is 0.108. The maximum atomic E-state index is 11.1. The van der Waals surface area contributed by atoms with E-state index in [1.807, 2.05) is 24.3 Å². The van der Waals surface area contributed by atoms with E-state index in [2.05, 4.69) is 19.2 Å². The Bertz CT molecular complexity index is 421. The van der Waals surface area contributed by atoms with Crippen LogP contribution in [0.1, 0.15) is 44.4 Å². The second kappa shape index (κ2) is 6.92. The molecular weight excluding hydrogens is 242 g/mol. The fourth-order valence-electron chi connectivity index (χ4n) is 2.03. The first-order valence-electron chi connectivity index (χ1n) is 6.46. The number of carbonyl (C=O) groups is 2. The summed E-state index contributed by atoms with van der Waals surface area (Å²) < 4.78 is 0. The van der Waals surface area contributed by atoms with E-state index in [1.165, 1.54) is 12.5 Å². The predicted molar refractivity (Wildman–Crippen MR) is 73.8 cm³/mol. The molecule has 1 rings (SSSR count). The van der Waals surface area contributed by atoms with Crippen molar-refractivity contribution < 1.29 is 14.7 Å². The fourth-order valence-corrected chi connectivity index (χ4v) is 2.03. The van der Waals surface area contributed by atoms with Gasteiger partial charge in [0.15, 0.2) is 0 Å². The SMILES string of the molecule is CC(=O)NC(CC(=O)O)c1ccc(CC(C)C)cc1. The number of amides is 1. The Kier molecular flexibility index (Phi) is 5.55. The molecule has 0 aliphatic rings. The maximum Gasteiger partial charge on any atom is 0.305 e. The second-order valence-corrected chi connectivity index (χ2v) is 5.19. The van der Waals surface area contributed by atoms with E-state index < -0.39 is 12.0 Å². The molecule has 4 nitrogen and oxygen atoms in total. The number of carboxylic acids is 1. The first kappa shape index (κ1) is 15.2. The normalized spacial score (nSPS) is 12.2. The van der Waals surface area contributed by atoms with Gasteiger partial charge >= 0.3 is 5.97 Å². The van der Waals surface area contributed by atoms with Crippen LogP contribution in [0.25, 0.3) is 0 Å². The van der Waals surface area contributed by atoms with E-state index in [9.17, 15) is 9.59 Å². The fraction of sp³-hybridized carbons (Fsp3) is 0.467. The van der Waals surface area contributed by atoms with Gasteiger partial charge in [-0.25, -0.2) is 0 Å². The minimum atomic E-state index is -0.926. The van der Waals surface area contributed by atoms with Gasteiger partial charge in [0.1, 0.15) is 0 Å². The van der Waals surface area contributed by atoms with Gasteiger partial charge in [-0.05, 0) is 23.5 Å². The van der Waals surface area contributed by atoms with Crippen molar-refractivity contribution in [1.29, 1.82) is 0 Å². The summed E-state index contributed by atoms with van der Waals surface area (Å²) in [5.74, 6) is -0.571. The molecule has 0 aromatic heterocycles. The average molecular weight is 263 g/mol. The quantitative estimate of drug-likeness (QED) is 0.828. The van der Waals surface area contributed by atoms with Crippen molar-refractivity contribution in [3.63, 3.8) is 0 Å². The van der Waals surface area contributed by atoms with Crippen LogP contribution in [0, 0.1) is 5.92 Å². The summed E-state index contributed by atoms with van der Waals surface area (Å²) in [6.07, 6.45) is 0.882. The predicted octanol–water partition coefficient (Wildman–Crippen LogP) is 2.54. The van der Waals surface area contributed by atoms with Crippen LogP contribution in [0.3, 0.4) is 0 Å². The summed E-state index contributed by atoms with van der Waals surface area (Å²) in [5, 5.41) is 11.5. The molecule has 0 bridgehead atoms. The lowest BCUT2D eigenvalue weighted by atomic mass is 9.98. The highest BCUT2D eigenvalue weighted by atomic mass is 16.4. The van der Waals surface area contributed by atoms with Crippen molar-refractivity contribution in [3.05, 3.63) is 35.4 Å². The third kappa shape index (κ3) is 5.55. The molecule has 0 saturated heterocycles. The zero-order valence-corrected chi connectivity index (χ0v) is 11.6. The highest BCUT2D eigenvalue weighted by Crippen LogP contribution is 2.19. The van der Waals surface area contributed by atoms with E-state index in [1.54, 1.807) is 0 Å². The summed E-state index contributed by atoms with van der Waals surface area (Å²) in [4.78, 5) is 21.9. The third-order valence-electron chi connectivity index (χ3n) is 2.78. The Labute approximate surface area is 113 Å². The number of benzene rings is 1. The van der Waals surface area contributed by atoms with Crippen LogP contribution >= 0.6 is 0 Å². The molecule has 0 heterocycles. The molecule has 0 spiro atoms. The zero-order chi connectivity index (χ0) is 14.4. The molecule has 19 heavy (non-hydrogen) atoms. The van der Waals surface area contributed by atoms with Gasteiger partial charge in [0.25, 0.3) is 0 Å². The van der Waals surface area contributed by atoms with Gasteiger partial charge in [-0.1, -0.05) is 38.1 Å². The van der Waals surface area contributed by atoms with E-state index in [0.717, 1.165) is 12.0 Å². The smallest absolute Gasteiger partial charge is 0.305 e. The number of carbonyl (C=O) groups excluding carboxylic acids is 1. The first-order chi connectivity index (χ1) is 8.88. The zero-order valence-electron chi connectivity index (χ0n) is 11.6. The number of hydrogen-bond acceptors (Lipinski definition) is 2. The summed E-state index contributed by atoms with van der Waals surface area (Å²) in [7, 11) is 0. The van der Waals surface area contributed by atoms with Gasteiger partial charge in [-0.15, -0.1) is 0 Å². The average Bonchev–Trinajstić information content (AvgIpc) is 2.27. The van der Waals surface area contributed by atoms with Crippen molar-refractivity contribution in [1.82, 2.24) is 5.32 Å². The molecule has 4 heteroatoms. The Morgan fingerprint density at radius 3 is 2.21 bits per heavy atom. The molecule has 0 aliphatic carbocycles. The highest BCUT2D eigenvalue weighted by molar-refractivity contribution is 5.75. The van der Waals surface area contributed by atoms with Crippen LogP contribution in [-0.4, -0.2) is 17.0 Å². The Balaban J connectivity index is 2.83. The van der Waals surface area contributed by atoms with Gasteiger partial charge in [0.05, 0.1) is 12.5 Å². The standard InChI is InChI=1S/C15H21NO3/c1-10(2)8-12-4-6-13(7-5-12)14(9-15(18)19)16-11(3)17/h4-7,10,14H,8-9H2,1-3H3,(H,16,17)(H,18,19). The molecule has 0 saturated carbocycles. The molecule has 1 aromatic carbocycles. The summed E-state index contributed by atoms with van der Waals surface area (Å²) in [6.45, 7) is 5.69. The lowest BCUT2D eigenvalue weighted by Crippen LogP contribution is -2.27. The molecule has 1 atom stereocenters. The van der Waals surface area contributed by atoms with Gasteiger partial charge in [-0.2, -0.15) is 0 Å². The summed E-state index contributed by atoms with van der Waals surface area (Å²) >= 11 is 0. The lowest BCUT2D eigenvalue weighted by molar-refractivity contribution is -0.137. The largest absolute Gasteiger partial charge is 0.481 e. The summed E-state index contributed by atoms with van der Waals surface area (Å²) in [5.41, 5.74) is 2.04. The van der Waals surface area contributed by atoms with Crippen molar-refractivity contribution in [2.24, 2.45) is 5.92 Å². The Hall–Kier alpha value is -1.84. The second-order valence-electron chi connectivity index (χ2n) is 5.19. The minimum Gasteiger partial charge on any atom is -0.481 e. The molecular formula is C15H21NO3. The molecule has 1 aromatic rings. The van der Waals surface area contributed by atoms with E-state index in [0.29, 0.717) is 5.92 Å². The molecule has 104 valence electrons. The van der Waals surface area contributed by atoms with Gasteiger partial charge in [-0.3, -0.25) is 9.59 Å². The molecule has 0 fully saturated rings. The van der Waals surface area contributed by atoms with Crippen LogP contribution in [0.2, 0.25) is 0 Å². The maximum absolute atomic E-state index is 11.1. The van der Waals surface area contributed by atoms with E-state index >= 15 is 0 Å². The van der Waals surface area contributed by atoms with E-state index in [-0.39, 0.29) is 12.3 Å². The van der Waals surface area contributed by atoms with Crippen LogP contribution in [0.5, 0.6) is 0 Å². The van der Waals surface area contributed by atoms with Crippen LogP contribution in [0.4, 0.5) is 0 Å². The van der Waals surface area contributed by atoms with Crippen molar-refractivity contribution in [3.8, 4) is 0 Å². The summed E-state index contributed by atoms with van der Waals surface area (Å²) in [6, 6.07) is 7.30. The monoisotopic (exact) mass is 263 g/mol. The Morgan fingerprint density at radius 2 is 1.79 bits per heavy atom. The molecule has 0 radical (unpaired) electrons. The molecule has 1 amide bonds. The van der Waals surface area contributed by atoms with Gasteiger partial charge in [0, 0.05) is 6.92 Å². The van der Waals surface area contributed by atoms with Crippen molar-refractivity contribution >= 4 is 11.9 Å². The number of rotatable bonds is 6. The lowest BCUT2D eigenvalue weighted by Gasteiger charge is -2.17. The topological polar surface area (TPSA) is 66.4 Å². The number of nitrogens with one attached hydrogen (secondary N) is 1. The third-order valence-corrected chi connectivity index (χ3v) is 2.78. The first-order valence-corrected chi connectivity index (χ1v) is 6.46. The number of hydrogen-bond donors (Lipinski definition) is 2. The Morgan fingerprint density at radius 1 is 1.21 bits per heavy atom. The number of carboxylic acid groups (broad SMARTS) is 1. The molecule has 2 N–H and O–H groups in total. The van der Waals surface area contributed by atoms with E-state index in [4.69, 9.17) is 5.11 Å². The van der Waals surface area contributed by atoms with Crippen molar-refractivity contribution in [2.45, 2.75) is 39.7 Å². The molecule has 0 aliphatic heterocycles. The van der Waals surface area contributed by atoms with Gasteiger partial charge in [0.2, 0.25) is 5.91 Å².